The van der Waals surface area contributed by atoms with Gasteiger partial charge < -0.3 is 5.32 Å². The number of unbranched alkanes of at least 4 members (excludes halogenated alkanes) is 1. The Labute approximate surface area is 114 Å². The fourth-order valence-electron chi connectivity index (χ4n) is 1.97. The van der Waals surface area contributed by atoms with Gasteiger partial charge >= 0.3 is 0 Å². The van der Waals surface area contributed by atoms with Gasteiger partial charge in [0.05, 0.1) is 10.8 Å². The van der Waals surface area contributed by atoms with Crippen molar-refractivity contribution in [3.8, 4) is 0 Å². The van der Waals surface area contributed by atoms with Crippen molar-refractivity contribution in [1.82, 2.24) is 10.2 Å². The third-order valence-electron chi connectivity index (χ3n) is 2.92. The molecule has 0 fully saturated rings. The van der Waals surface area contributed by atoms with E-state index in [-0.39, 0.29) is 11.1 Å². The topological polar surface area (TPSA) is 77.8 Å². The van der Waals surface area contributed by atoms with Gasteiger partial charge in [0.15, 0.2) is 0 Å². The summed E-state index contributed by atoms with van der Waals surface area (Å²) in [5.74, 6) is 1.14. The maximum atomic E-state index is 11.8. The van der Waals surface area contributed by atoms with E-state index in [1.54, 1.807) is 12.1 Å². The first kappa shape index (κ1) is 13.7. The quantitative estimate of drug-likeness (QED) is 0.704. The minimum absolute atomic E-state index is 0.276. The van der Waals surface area contributed by atoms with Crippen molar-refractivity contribution in [2.24, 2.45) is 0 Å². The summed E-state index contributed by atoms with van der Waals surface area (Å²) in [5, 5.41) is 8.76. The van der Waals surface area contributed by atoms with E-state index in [1.165, 1.54) is 0 Å². The molecule has 1 heterocycles. The zero-order valence-electron chi connectivity index (χ0n) is 10.8. The Hall–Kier alpha value is -1.69. The lowest BCUT2D eigenvalue weighted by molar-refractivity contribution is 0.844. The van der Waals surface area contributed by atoms with E-state index < -0.39 is 0 Å². The van der Waals surface area contributed by atoms with E-state index in [0.717, 1.165) is 25.1 Å². The maximum absolute atomic E-state index is 11.8. The molecule has 6 heteroatoms. The Balaban J connectivity index is 2.22. The number of fused-ring (bicyclic) bond motifs is 1. The molecule has 0 aliphatic rings. The van der Waals surface area contributed by atoms with Crippen molar-refractivity contribution in [3.63, 3.8) is 0 Å². The molecule has 1 aromatic heterocycles. The van der Waals surface area contributed by atoms with E-state index in [1.807, 2.05) is 17.8 Å². The average molecular weight is 279 g/mol. The van der Waals surface area contributed by atoms with Crippen molar-refractivity contribution in [2.45, 2.75) is 12.8 Å². The summed E-state index contributed by atoms with van der Waals surface area (Å²) in [4.78, 5) is 23.5. The first-order valence-corrected chi connectivity index (χ1v) is 7.60. The number of H-pyrrole nitrogens is 2. The van der Waals surface area contributed by atoms with Crippen molar-refractivity contribution < 1.29 is 0 Å². The van der Waals surface area contributed by atoms with E-state index in [0.29, 0.717) is 16.5 Å². The largest absolute Gasteiger partial charge is 0.384 e. The lowest BCUT2D eigenvalue weighted by Crippen LogP contribution is -2.20. The summed E-state index contributed by atoms with van der Waals surface area (Å²) in [6.07, 6.45) is 4.26. The molecule has 0 saturated carbocycles. The van der Waals surface area contributed by atoms with Gasteiger partial charge in [0.25, 0.3) is 11.1 Å². The molecule has 0 aliphatic carbocycles. The molecule has 3 N–H and O–H groups in total. The highest BCUT2D eigenvalue weighted by molar-refractivity contribution is 7.98. The van der Waals surface area contributed by atoms with Gasteiger partial charge in [0.1, 0.15) is 0 Å². The third kappa shape index (κ3) is 3.20. The van der Waals surface area contributed by atoms with Crippen molar-refractivity contribution in [3.05, 3.63) is 38.9 Å². The third-order valence-corrected chi connectivity index (χ3v) is 3.61. The first-order valence-electron chi connectivity index (χ1n) is 6.20. The molecule has 0 spiro atoms. The molecule has 0 saturated heterocycles. The second-order valence-corrected chi connectivity index (χ2v) is 5.25. The zero-order valence-corrected chi connectivity index (χ0v) is 11.6. The van der Waals surface area contributed by atoms with Crippen LogP contribution in [0.3, 0.4) is 0 Å². The van der Waals surface area contributed by atoms with E-state index in [9.17, 15) is 9.59 Å². The van der Waals surface area contributed by atoms with Crippen LogP contribution >= 0.6 is 11.8 Å². The van der Waals surface area contributed by atoms with Crippen LogP contribution in [0.2, 0.25) is 0 Å². The molecule has 2 aromatic rings. The molecular weight excluding hydrogens is 262 g/mol. The van der Waals surface area contributed by atoms with Crippen LogP contribution in [0.5, 0.6) is 0 Å². The Morgan fingerprint density at radius 1 is 1.16 bits per heavy atom. The smallest absolute Gasteiger partial charge is 0.272 e. The van der Waals surface area contributed by atoms with Crippen LogP contribution in [-0.4, -0.2) is 28.8 Å². The predicted molar refractivity (Wildman–Crippen MR) is 81.3 cm³/mol. The average Bonchev–Trinajstić information content (AvgIpc) is 2.43. The number of aromatic nitrogens is 2. The number of hydrogen-bond donors (Lipinski definition) is 3. The number of rotatable bonds is 6. The molecule has 19 heavy (non-hydrogen) atoms. The molecule has 102 valence electrons. The summed E-state index contributed by atoms with van der Waals surface area (Å²) < 4.78 is 0. The Morgan fingerprint density at radius 2 is 1.95 bits per heavy atom. The normalized spacial score (nSPS) is 10.8. The molecule has 0 radical (unpaired) electrons. The van der Waals surface area contributed by atoms with E-state index in [4.69, 9.17) is 0 Å². The maximum Gasteiger partial charge on any atom is 0.272 e. The van der Waals surface area contributed by atoms with Crippen LogP contribution in [0.15, 0.2) is 27.8 Å². The van der Waals surface area contributed by atoms with E-state index >= 15 is 0 Å². The van der Waals surface area contributed by atoms with Crippen LogP contribution in [0.1, 0.15) is 12.8 Å². The lowest BCUT2D eigenvalue weighted by Gasteiger charge is -2.08. The highest BCUT2D eigenvalue weighted by Crippen LogP contribution is 2.16. The summed E-state index contributed by atoms with van der Waals surface area (Å²) in [5.41, 5.74) is 0.163. The monoisotopic (exact) mass is 279 g/mol. The second kappa shape index (κ2) is 6.47. The van der Waals surface area contributed by atoms with Crippen LogP contribution in [-0.2, 0) is 0 Å². The fourth-order valence-corrected chi connectivity index (χ4v) is 2.46. The predicted octanol–water partition coefficient (Wildman–Crippen LogP) is 1.77. The highest BCUT2D eigenvalue weighted by atomic mass is 32.2. The van der Waals surface area contributed by atoms with Crippen LogP contribution in [0.4, 0.5) is 5.69 Å². The first-order chi connectivity index (χ1) is 9.24. The Bertz CT molecular complexity index is 663. The van der Waals surface area contributed by atoms with Gasteiger partial charge in [-0.15, -0.1) is 0 Å². The van der Waals surface area contributed by atoms with E-state index in [2.05, 4.69) is 21.8 Å². The highest BCUT2D eigenvalue weighted by Gasteiger charge is 2.07. The minimum Gasteiger partial charge on any atom is -0.384 e. The van der Waals surface area contributed by atoms with Crippen molar-refractivity contribution in [1.29, 1.82) is 0 Å². The van der Waals surface area contributed by atoms with Crippen LogP contribution < -0.4 is 16.4 Å². The van der Waals surface area contributed by atoms with Gasteiger partial charge in [-0.3, -0.25) is 19.8 Å². The number of aromatic amines is 2. The molecule has 0 unspecified atom stereocenters. The summed E-state index contributed by atoms with van der Waals surface area (Å²) in [6, 6.07) is 5.26. The molecule has 5 nitrogen and oxygen atoms in total. The summed E-state index contributed by atoms with van der Waals surface area (Å²) >= 11 is 1.83. The number of hydrogen-bond acceptors (Lipinski definition) is 4. The van der Waals surface area contributed by atoms with Gasteiger partial charge in [-0.2, -0.15) is 11.8 Å². The van der Waals surface area contributed by atoms with Gasteiger partial charge in [-0.05, 0) is 37.0 Å². The molecule has 0 amide bonds. The van der Waals surface area contributed by atoms with Crippen LogP contribution in [0.25, 0.3) is 10.8 Å². The van der Waals surface area contributed by atoms with Gasteiger partial charge in [0.2, 0.25) is 0 Å². The van der Waals surface area contributed by atoms with Crippen LogP contribution in [0, 0.1) is 0 Å². The van der Waals surface area contributed by atoms with Crippen molar-refractivity contribution in [2.75, 3.05) is 23.9 Å². The lowest BCUT2D eigenvalue weighted by atomic mass is 10.1. The second-order valence-electron chi connectivity index (χ2n) is 4.26. The molecule has 0 bridgehead atoms. The SMILES string of the molecule is CSCCCCNc1cccc2c(=O)[nH][nH]c(=O)c12. The zero-order chi connectivity index (χ0) is 13.7. The number of thioether (sulfide) groups is 1. The minimum atomic E-state index is -0.277. The molecular formula is C13H17N3O2S. The molecule has 2 rings (SSSR count). The van der Waals surface area contributed by atoms with Gasteiger partial charge in [-0.25, -0.2) is 0 Å². The number of anilines is 1. The Morgan fingerprint density at radius 3 is 2.74 bits per heavy atom. The van der Waals surface area contributed by atoms with Gasteiger partial charge in [0, 0.05) is 12.2 Å². The van der Waals surface area contributed by atoms with Gasteiger partial charge in [-0.1, -0.05) is 6.07 Å². The number of benzene rings is 1. The molecule has 0 atom stereocenters. The molecule has 1 aromatic carbocycles. The Kier molecular flexibility index (Phi) is 4.68. The summed E-state index contributed by atoms with van der Waals surface area (Å²) in [7, 11) is 0. The summed E-state index contributed by atoms with van der Waals surface area (Å²) in [6.45, 7) is 0.798. The fraction of sp³-hybridized carbons (Fsp3) is 0.385. The van der Waals surface area contributed by atoms with Crippen molar-refractivity contribution >= 4 is 28.2 Å². The standard InChI is InChI=1S/C13H17N3O2S/c1-19-8-3-2-7-14-10-6-4-5-9-11(10)13(18)16-15-12(9)17/h4-6,14H,2-3,7-8H2,1H3,(H,15,17)(H,16,18). The number of nitrogens with one attached hydrogen (secondary N) is 3. The molecule has 0 aliphatic heterocycles.